The van der Waals surface area contributed by atoms with Gasteiger partial charge in [0.2, 0.25) is 5.90 Å². The first kappa shape index (κ1) is 6.40. The maximum atomic E-state index is 5.23. The molecule has 0 N–H and O–H groups in total. The molecule has 0 amide bonds. The molecule has 0 bridgehead atoms. The van der Waals surface area contributed by atoms with E-state index < -0.39 is 0 Å². The van der Waals surface area contributed by atoms with Crippen molar-refractivity contribution in [2.24, 2.45) is 4.99 Å². The van der Waals surface area contributed by atoms with Crippen LogP contribution in [-0.4, -0.2) is 12.5 Å². The maximum Gasteiger partial charge on any atom is 0.216 e. The Hall–Kier alpha value is -1.31. The summed E-state index contributed by atoms with van der Waals surface area (Å²) < 4.78 is 5.23. The number of rotatable bonds is 1. The highest BCUT2D eigenvalue weighted by Gasteiger charge is 2.08. The normalized spacial score (nSPS) is 15.8. The monoisotopic (exact) mass is 146 g/mol. The van der Waals surface area contributed by atoms with E-state index in [0.29, 0.717) is 6.61 Å². The number of hydrogen-bond acceptors (Lipinski definition) is 2. The predicted octanol–water partition coefficient (Wildman–Crippen LogP) is 1.63. The van der Waals surface area contributed by atoms with Gasteiger partial charge in [0.25, 0.3) is 0 Å². The lowest BCUT2D eigenvalue weighted by Crippen LogP contribution is -1.99. The van der Waals surface area contributed by atoms with Gasteiger partial charge in [0.15, 0.2) is 0 Å². The molecule has 0 saturated heterocycles. The molecule has 2 nitrogen and oxygen atoms in total. The van der Waals surface area contributed by atoms with E-state index in [4.69, 9.17) is 4.74 Å². The first-order chi connectivity index (χ1) is 5.47. The molecule has 0 spiro atoms. The van der Waals surface area contributed by atoms with Crippen LogP contribution in [0.1, 0.15) is 5.56 Å². The van der Waals surface area contributed by atoms with Gasteiger partial charge in [-0.2, -0.15) is 0 Å². The summed E-state index contributed by atoms with van der Waals surface area (Å²) in [5, 5.41) is 0. The van der Waals surface area contributed by atoms with Crippen LogP contribution in [0.4, 0.5) is 0 Å². The average Bonchev–Trinajstić information content (AvgIpc) is 2.58. The van der Waals surface area contributed by atoms with E-state index in [0.717, 1.165) is 11.5 Å². The van der Waals surface area contributed by atoms with Gasteiger partial charge in [-0.1, -0.05) is 18.2 Å². The zero-order valence-corrected chi connectivity index (χ0v) is 6.03. The van der Waals surface area contributed by atoms with Gasteiger partial charge in [-0.25, -0.2) is 4.99 Å². The van der Waals surface area contributed by atoms with E-state index in [1.165, 1.54) is 0 Å². The van der Waals surface area contributed by atoms with Crippen LogP contribution in [-0.2, 0) is 4.74 Å². The van der Waals surface area contributed by atoms with Crippen LogP contribution in [0.2, 0.25) is 0 Å². The van der Waals surface area contributed by atoms with E-state index in [2.05, 4.69) is 4.99 Å². The van der Waals surface area contributed by atoms with Crippen LogP contribution in [0, 0.1) is 6.54 Å². The quantitative estimate of drug-likeness (QED) is 0.590. The van der Waals surface area contributed by atoms with Crippen molar-refractivity contribution in [2.75, 3.05) is 6.61 Å². The third-order valence-electron chi connectivity index (χ3n) is 1.52. The zero-order chi connectivity index (χ0) is 7.52. The summed E-state index contributed by atoms with van der Waals surface area (Å²) in [7, 11) is 0. The van der Waals surface area contributed by atoms with Crippen molar-refractivity contribution in [2.45, 2.75) is 0 Å². The van der Waals surface area contributed by atoms with Crippen LogP contribution >= 0.6 is 0 Å². The van der Waals surface area contributed by atoms with E-state index in [1.54, 1.807) is 6.54 Å². The first-order valence-corrected chi connectivity index (χ1v) is 3.54. The second kappa shape index (κ2) is 2.74. The number of hydrogen-bond donors (Lipinski definition) is 0. The van der Waals surface area contributed by atoms with Crippen molar-refractivity contribution in [3.05, 3.63) is 42.4 Å². The summed E-state index contributed by atoms with van der Waals surface area (Å²) in [6, 6.07) is 9.89. The molecular formula is C9H8NO. The molecule has 55 valence electrons. The lowest BCUT2D eigenvalue weighted by Gasteiger charge is -1.98. The summed E-state index contributed by atoms with van der Waals surface area (Å²) in [5.41, 5.74) is 1.04. The molecule has 0 fully saturated rings. The summed E-state index contributed by atoms with van der Waals surface area (Å²) in [6.45, 7) is 2.37. The maximum absolute atomic E-state index is 5.23. The molecule has 1 heterocycles. The molecule has 11 heavy (non-hydrogen) atoms. The highest BCUT2D eigenvalue weighted by molar-refractivity contribution is 5.95. The van der Waals surface area contributed by atoms with Gasteiger partial charge in [0, 0.05) is 5.56 Å². The summed E-state index contributed by atoms with van der Waals surface area (Å²) >= 11 is 0. The molecule has 2 rings (SSSR count). The lowest BCUT2D eigenvalue weighted by atomic mass is 10.2. The van der Waals surface area contributed by atoms with E-state index >= 15 is 0 Å². The number of nitrogens with zero attached hydrogens (tertiary/aromatic N) is 1. The van der Waals surface area contributed by atoms with Crippen molar-refractivity contribution in [1.82, 2.24) is 0 Å². The molecular weight excluding hydrogens is 138 g/mol. The van der Waals surface area contributed by atoms with Gasteiger partial charge in [0.1, 0.15) is 13.2 Å². The Labute approximate surface area is 65.5 Å². The Morgan fingerprint density at radius 2 is 2.00 bits per heavy atom. The van der Waals surface area contributed by atoms with Crippen LogP contribution in [0.5, 0.6) is 0 Å². The minimum Gasteiger partial charge on any atom is -0.475 e. The van der Waals surface area contributed by atoms with E-state index in [9.17, 15) is 0 Å². The fourth-order valence-electron chi connectivity index (χ4n) is 1.01. The Morgan fingerprint density at radius 3 is 2.64 bits per heavy atom. The van der Waals surface area contributed by atoms with Gasteiger partial charge in [-0.15, -0.1) is 0 Å². The number of ether oxygens (including phenoxy) is 1. The summed E-state index contributed by atoms with van der Waals surface area (Å²) in [5.74, 6) is 0.727. The minimum atomic E-state index is 0.601. The standard InChI is InChI=1S/C9H8NO/c1-2-4-8(5-3-1)9-10-6-7-11-9/h1-6H,7H2. The Bertz CT molecular complexity index is 266. The van der Waals surface area contributed by atoms with Crippen LogP contribution in [0.25, 0.3) is 0 Å². The second-order valence-electron chi connectivity index (χ2n) is 2.29. The molecule has 2 heteroatoms. The van der Waals surface area contributed by atoms with Gasteiger partial charge in [-0.05, 0) is 12.1 Å². The van der Waals surface area contributed by atoms with Gasteiger partial charge in [0.05, 0.1) is 0 Å². The molecule has 1 aliphatic heterocycles. The van der Waals surface area contributed by atoms with E-state index in [-0.39, 0.29) is 0 Å². The molecule has 1 aromatic carbocycles. The molecule has 0 aliphatic carbocycles. The van der Waals surface area contributed by atoms with Crippen molar-refractivity contribution in [3.63, 3.8) is 0 Å². The van der Waals surface area contributed by atoms with Crippen LogP contribution < -0.4 is 0 Å². The third-order valence-corrected chi connectivity index (χ3v) is 1.52. The Morgan fingerprint density at radius 1 is 1.18 bits per heavy atom. The lowest BCUT2D eigenvalue weighted by molar-refractivity contribution is 0.362. The molecule has 1 aromatic rings. The van der Waals surface area contributed by atoms with Crippen molar-refractivity contribution >= 4 is 5.90 Å². The molecule has 0 saturated carbocycles. The zero-order valence-electron chi connectivity index (χ0n) is 6.03. The molecule has 1 aliphatic rings. The fourth-order valence-corrected chi connectivity index (χ4v) is 1.01. The van der Waals surface area contributed by atoms with Gasteiger partial charge >= 0.3 is 0 Å². The smallest absolute Gasteiger partial charge is 0.216 e. The highest BCUT2D eigenvalue weighted by atomic mass is 16.5. The van der Waals surface area contributed by atoms with E-state index in [1.807, 2.05) is 30.3 Å². The number of benzene rings is 1. The molecule has 0 atom stereocenters. The molecule has 1 radical (unpaired) electrons. The Kier molecular flexibility index (Phi) is 1.60. The first-order valence-electron chi connectivity index (χ1n) is 3.54. The summed E-state index contributed by atoms with van der Waals surface area (Å²) in [6.07, 6.45) is 0. The second-order valence-corrected chi connectivity index (χ2v) is 2.29. The highest BCUT2D eigenvalue weighted by Crippen LogP contribution is 2.08. The predicted molar refractivity (Wildman–Crippen MR) is 43.2 cm³/mol. The van der Waals surface area contributed by atoms with Gasteiger partial charge < -0.3 is 4.74 Å². The van der Waals surface area contributed by atoms with Crippen molar-refractivity contribution < 1.29 is 4.74 Å². The van der Waals surface area contributed by atoms with Crippen molar-refractivity contribution in [1.29, 1.82) is 0 Å². The molecule has 0 aromatic heterocycles. The largest absolute Gasteiger partial charge is 0.475 e. The fraction of sp³-hybridized carbons (Fsp3) is 0.111. The topological polar surface area (TPSA) is 21.6 Å². The molecule has 0 unspecified atom stereocenters. The van der Waals surface area contributed by atoms with Crippen LogP contribution in [0.15, 0.2) is 35.3 Å². The van der Waals surface area contributed by atoms with Crippen molar-refractivity contribution in [3.8, 4) is 0 Å². The average molecular weight is 146 g/mol. The summed E-state index contributed by atoms with van der Waals surface area (Å²) in [4.78, 5) is 4.08. The third kappa shape index (κ3) is 1.24. The SMILES string of the molecule is [CH]1COC(c2ccccc2)=N1. The van der Waals surface area contributed by atoms with Crippen LogP contribution in [0.3, 0.4) is 0 Å². The van der Waals surface area contributed by atoms with Gasteiger partial charge in [-0.3, -0.25) is 0 Å². The Balaban J connectivity index is 2.29. The minimum absolute atomic E-state index is 0.601. The number of aliphatic imine (C=N–C) groups is 1.